The first-order valence-electron chi connectivity index (χ1n) is 9.29. The topological polar surface area (TPSA) is 52.0 Å². The predicted octanol–water partition coefficient (Wildman–Crippen LogP) is 5.96. The number of anilines is 2. The van der Waals surface area contributed by atoms with Crippen molar-refractivity contribution in [1.82, 2.24) is 0 Å². The molecule has 4 N–H and O–H groups in total. The van der Waals surface area contributed by atoms with Crippen LogP contribution in [0.5, 0.6) is 0 Å². The van der Waals surface area contributed by atoms with E-state index in [0.29, 0.717) is 11.8 Å². The molecule has 0 aliphatic heterocycles. The van der Waals surface area contributed by atoms with Crippen LogP contribution in [0.2, 0.25) is 0 Å². The molecule has 0 amide bonds. The lowest BCUT2D eigenvalue weighted by Crippen LogP contribution is -1.99. The maximum Gasteiger partial charge on any atom is 0.0314 e. The van der Waals surface area contributed by atoms with Crippen molar-refractivity contribution in [1.29, 1.82) is 0 Å². The van der Waals surface area contributed by atoms with Crippen molar-refractivity contribution in [2.24, 2.45) is 0 Å². The Labute approximate surface area is 156 Å². The lowest BCUT2D eigenvalue weighted by Gasteiger charge is -2.17. The zero-order valence-corrected chi connectivity index (χ0v) is 15.7. The molecule has 0 radical (unpaired) electrons. The summed E-state index contributed by atoms with van der Waals surface area (Å²) in [6, 6.07) is 16.4. The van der Waals surface area contributed by atoms with Gasteiger partial charge in [0.15, 0.2) is 0 Å². The SMILES string of the molecule is CC(C=C1C=CCC(=CC(C)c2ccc(N)cc2)C1)c1ccc(N)cc1. The molecule has 0 bridgehead atoms. The fourth-order valence-corrected chi connectivity index (χ4v) is 3.46. The van der Waals surface area contributed by atoms with Crippen molar-refractivity contribution in [3.05, 3.63) is 95.1 Å². The minimum atomic E-state index is 0.379. The van der Waals surface area contributed by atoms with Crippen LogP contribution < -0.4 is 11.5 Å². The van der Waals surface area contributed by atoms with Crippen molar-refractivity contribution < 1.29 is 0 Å². The third-order valence-corrected chi connectivity index (χ3v) is 5.02. The van der Waals surface area contributed by atoms with Crippen LogP contribution in [-0.4, -0.2) is 0 Å². The van der Waals surface area contributed by atoms with E-state index in [1.807, 2.05) is 24.3 Å². The molecule has 2 aromatic rings. The standard InChI is InChI=1S/C24H28N2/c1-17(21-6-10-23(25)11-7-21)14-19-4-3-5-20(16-19)15-18(2)22-8-12-24(26)13-9-22/h3-4,6-15,17-18H,5,16,25-26H2,1-2H3. The second-order valence-electron chi connectivity index (χ2n) is 7.26. The van der Waals surface area contributed by atoms with Gasteiger partial charge < -0.3 is 11.5 Å². The molecule has 0 heterocycles. The molecule has 1 aliphatic rings. The molecular weight excluding hydrogens is 316 g/mol. The molecule has 26 heavy (non-hydrogen) atoms. The summed E-state index contributed by atoms with van der Waals surface area (Å²) in [5.41, 5.74) is 18.7. The monoisotopic (exact) mass is 344 g/mol. The van der Waals surface area contributed by atoms with E-state index < -0.39 is 0 Å². The number of hydrogen-bond donors (Lipinski definition) is 2. The second kappa shape index (κ2) is 8.09. The van der Waals surface area contributed by atoms with Crippen molar-refractivity contribution in [3.63, 3.8) is 0 Å². The Hall–Kier alpha value is -2.74. The van der Waals surface area contributed by atoms with Gasteiger partial charge in [-0.15, -0.1) is 0 Å². The molecule has 2 nitrogen and oxygen atoms in total. The maximum atomic E-state index is 5.79. The van der Waals surface area contributed by atoms with Crippen molar-refractivity contribution in [3.8, 4) is 0 Å². The smallest absolute Gasteiger partial charge is 0.0314 e. The van der Waals surface area contributed by atoms with Gasteiger partial charge in [0.25, 0.3) is 0 Å². The highest BCUT2D eigenvalue weighted by Gasteiger charge is 2.10. The Balaban J connectivity index is 1.72. The molecule has 0 saturated heterocycles. The van der Waals surface area contributed by atoms with Crippen molar-refractivity contribution in [2.45, 2.75) is 38.5 Å². The van der Waals surface area contributed by atoms with Gasteiger partial charge >= 0.3 is 0 Å². The zero-order chi connectivity index (χ0) is 18.5. The molecule has 1 aliphatic carbocycles. The second-order valence-corrected chi connectivity index (χ2v) is 7.26. The number of hydrogen-bond acceptors (Lipinski definition) is 2. The van der Waals surface area contributed by atoms with E-state index in [4.69, 9.17) is 11.5 Å². The number of benzene rings is 2. The summed E-state index contributed by atoms with van der Waals surface area (Å²) >= 11 is 0. The van der Waals surface area contributed by atoms with Gasteiger partial charge in [0, 0.05) is 11.4 Å². The van der Waals surface area contributed by atoms with Crippen LogP contribution in [0.25, 0.3) is 0 Å². The van der Waals surface area contributed by atoms with E-state index in [0.717, 1.165) is 24.2 Å². The molecule has 0 saturated carbocycles. The van der Waals surface area contributed by atoms with Gasteiger partial charge in [-0.25, -0.2) is 0 Å². The van der Waals surface area contributed by atoms with E-state index in [1.54, 1.807) is 0 Å². The van der Waals surface area contributed by atoms with Gasteiger partial charge in [-0.3, -0.25) is 0 Å². The van der Waals surface area contributed by atoms with E-state index in [1.165, 1.54) is 22.3 Å². The first-order valence-corrected chi connectivity index (χ1v) is 9.29. The fraction of sp³-hybridized carbons (Fsp3) is 0.250. The first-order chi connectivity index (χ1) is 12.5. The average Bonchev–Trinajstić information content (AvgIpc) is 2.63. The molecule has 2 heteroatoms. The minimum absolute atomic E-state index is 0.379. The van der Waals surface area contributed by atoms with Crippen LogP contribution >= 0.6 is 0 Å². The number of nitrogens with two attached hydrogens (primary N) is 2. The highest BCUT2D eigenvalue weighted by Crippen LogP contribution is 2.29. The van der Waals surface area contributed by atoms with Crippen molar-refractivity contribution in [2.75, 3.05) is 11.5 Å². The lowest BCUT2D eigenvalue weighted by atomic mass is 9.88. The maximum absolute atomic E-state index is 5.79. The van der Waals surface area contributed by atoms with Gasteiger partial charge in [-0.05, 0) is 65.6 Å². The Kier molecular flexibility index (Phi) is 5.62. The van der Waals surface area contributed by atoms with Crippen LogP contribution in [0.4, 0.5) is 11.4 Å². The molecule has 2 aromatic carbocycles. The number of rotatable bonds is 4. The Morgan fingerprint density at radius 1 is 0.769 bits per heavy atom. The predicted molar refractivity (Wildman–Crippen MR) is 113 cm³/mol. The summed E-state index contributed by atoms with van der Waals surface area (Å²) in [5, 5.41) is 0. The highest BCUT2D eigenvalue weighted by atomic mass is 14.5. The average molecular weight is 345 g/mol. The fourth-order valence-electron chi connectivity index (χ4n) is 3.46. The molecular formula is C24H28N2. The molecule has 0 fully saturated rings. The third-order valence-electron chi connectivity index (χ3n) is 5.02. The van der Waals surface area contributed by atoms with Crippen molar-refractivity contribution >= 4 is 11.4 Å². The first kappa shape index (κ1) is 18.1. The van der Waals surface area contributed by atoms with Gasteiger partial charge in [-0.1, -0.05) is 68.0 Å². The molecule has 134 valence electrons. The van der Waals surface area contributed by atoms with Crippen LogP contribution in [0.15, 0.2) is 84.0 Å². The zero-order valence-electron chi connectivity index (χ0n) is 15.7. The molecule has 0 aromatic heterocycles. The summed E-state index contributed by atoms with van der Waals surface area (Å²) in [4.78, 5) is 0. The Morgan fingerprint density at radius 3 is 1.81 bits per heavy atom. The molecule has 0 spiro atoms. The van der Waals surface area contributed by atoms with Gasteiger partial charge in [-0.2, -0.15) is 0 Å². The number of allylic oxidation sites excluding steroid dienone is 6. The van der Waals surface area contributed by atoms with Crippen LogP contribution in [0.1, 0.15) is 49.7 Å². The summed E-state index contributed by atoms with van der Waals surface area (Å²) in [7, 11) is 0. The summed E-state index contributed by atoms with van der Waals surface area (Å²) < 4.78 is 0. The molecule has 2 atom stereocenters. The number of nitrogen functional groups attached to an aromatic ring is 2. The minimum Gasteiger partial charge on any atom is -0.399 e. The quantitative estimate of drug-likeness (QED) is 0.531. The summed E-state index contributed by atoms with van der Waals surface area (Å²) in [6.45, 7) is 4.48. The third kappa shape index (κ3) is 4.66. The van der Waals surface area contributed by atoms with Crippen LogP contribution in [0.3, 0.4) is 0 Å². The lowest BCUT2D eigenvalue weighted by molar-refractivity contribution is 0.900. The normalized spacial score (nSPS) is 19.6. The largest absolute Gasteiger partial charge is 0.399 e. The van der Waals surface area contributed by atoms with Crippen LogP contribution in [-0.2, 0) is 0 Å². The summed E-state index contributed by atoms with van der Waals surface area (Å²) in [6.07, 6.45) is 11.4. The Bertz CT molecular complexity index is 824. The summed E-state index contributed by atoms with van der Waals surface area (Å²) in [5.74, 6) is 0.775. The van der Waals surface area contributed by atoms with Gasteiger partial charge in [0.05, 0.1) is 0 Å². The molecule has 3 rings (SSSR count). The van der Waals surface area contributed by atoms with E-state index in [9.17, 15) is 0 Å². The molecule has 2 unspecified atom stereocenters. The Morgan fingerprint density at radius 2 is 1.27 bits per heavy atom. The van der Waals surface area contributed by atoms with Gasteiger partial charge in [0.2, 0.25) is 0 Å². The van der Waals surface area contributed by atoms with E-state index in [-0.39, 0.29) is 0 Å². The van der Waals surface area contributed by atoms with E-state index in [2.05, 4.69) is 62.4 Å². The van der Waals surface area contributed by atoms with Gasteiger partial charge in [0.1, 0.15) is 0 Å². The van der Waals surface area contributed by atoms with E-state index >= 15 is 0 Å². The van der Waals surface area contributed by atoms with Crippen LogP contribution in [0, 0.1) is 0 Å². The highest BCUT2D eigenvalue weighted by molar-refractivity contribution is 5.43.